The van der Waals surface area contributed by atoms with E-state index in [1.165, 1.54) is 6.21 Å². The van der Waals surface area contributed by atoms with Crippen LogP contribution in [0.1, 0.15) is 23.6 Å². The number of carbonyl (C=O) groups excluding carboxylic acids is 1. The highest BCUT2D eigenvalue weighted by Gasteiger charge is 2.13. The summed E-state index contributed by atoms with van der Waals surface area (Å²) in [6, 6.07) is 16.0. The minimum Gasteiger partial charge on any atom is -0.490 e. The van der Waals surface area contributed by atoms with Gasteiger partial charge in [0.25, 0.3) is 0 Å². The van der Waals surface area contributed by atoms with Gasteiger partial charge in [-0.2, -0.15) is 5.10 Å². The number of rotatable bonds is 8. The van der Waals surface area contributed by atoms with E-state index in [4.69, 9.17) is 32.7 Å². The quantitative estimate of drug-likeness (QED) is 0.230. The number of urea groups is 1. The Hall–Kier alpha value is -2.74. The van der Waals surface area contributed by atoms with Gasteiger partial charge < -0.3 is 14.8 Å². The van der Waals surface area contributed by atoms with Crippen molar-refractivity contribution in [2.75, 3.05) is 11.9 Å². The molecule has 0 radical (unpaired) electrons. The molecule has 0 aromatic heterocycles. The molecule has 0 saturated heterocycles. The molecule has 0 aliphatic carbocycles. The Bertz CT molecular complexity index is 1170. The number of hydrogen-bond donors (Lipinski definition) is 2. The van der Waals surface area contributed by atoms with E-state index in [0.717, 1.165) is 16.8 Å². The van der Waals surface area contributed by atoms with Crippen LogP contribution in [0.3, 0.4) is 0 Å². The highest BCUT2D eigenvalue weighted by molar-refractivity contribution is 9.10. The van der Waals surface area contributed by atoms with Gasteiger partial charge in [-0.05, 0) is 76.8 Å². The molecular weight excluding hydrogens is 529 g/mol. The first-order valence-electron chi connectivity index (χ1n) is 10.1. The number of ether oxygens (including phenoxy) is 2. The maximum absolute atomic E-state index is 12.1. The first kappa shape index (κ1) is 24.9. The summed E-state index contributed by atoms with van der Waals surface area (Å²) < 4.78 is 12.4. The van der Waals surface area contributed by atoms with Crippen LogP contribution >= 0.6 is 39.1 Å². The van der Waals surface area contributed by atoms with Gasteiger partial charge in [-0.3, -0.25) is 0 Å². The molecule has 0 atom stereocenters. The Morgan fingerprint density at radius 2 is 1.88 bits per heavy atom. The average molecular weight is 551 g/mol. The lowest BCUT2D eigenvalue weighted by Crippen LogP contribution is -2.24. The third kappa shape index (κ3) is 7.12. The van der Waals surface area contributed by atoms with Gasteiger partial charge in [-0.15, -0.1) is 0 Å². The first-order chi connectivity index (χ1) is 15.9. The number of halogens is 3. The number of anilines is 1. The molecule has 172 valence electrons. The Morgan fingerprint density at radius 3 is 2.61 bits per heavy atom. The standard InChI is InChI=1S/C24H22BrCl2N3O3/c1-3-32-22-12-17(13-28-30-24(31)29-21-7-5-4-6-15(21)2)10-18(25)23(22)33-14-16-8-9-19(26)20(27)11-16/h4-13H,3,14H2,1-2H3,(H2,29,30,31). The van der Waals surface area contributed by atoms with Gasteiger partial charge in [0.2, 0.25) is 0 Å². The minimum absolute atomic E-state index is 0.281. The van der Waals surface area contributed by atoms with Crippen LogP contribution in [0.25, 0.3) is 0 Å². The molecule has 0 bridgehead atoms. The van der Waals surface area contributed by atoms with Crippen LogP contribution in [0.5, 0.6) is 11.5 Å². The predicted molar refractivity (Wildman–Crippen MR) is 137 cm³/mol. The molecule has 3 aromatic rings. The Kier molecular flexibility index (Phi) is 9.00. The van der Waals surface area contributed by atoms with Crippen molar-refractivity contribution in [3.63, 3.8) is 0 Å². The van der Waals surface area contributed by atoms with Crippen LogP contribution in [0.15, 0.2) is 64.2 Å². The second-order valence-electron chi connectivity index (χ2n) is 6.94. The fourth-order valence-electron chi connectivity index (χ4n) is 2.88. The molecule has 33 heavy (non-hydrogen) atoms. The summed E-state index contributed by atoms with van der Waals surface area (Å²) in [4.78, 5) is 12.1. The van der Waals surface area contributed by atoms with E-state index >= 15 is 0 Å². The second-order valence-corrected chi connectivity index (χ2v) is 8.61. The largest absolute Gasteiger partial charge is 0.490 e. The highest BCUT2D eigenvalue weighted by atomic mass is 79.9. The van der Waals surface area contributed by atoms with Crippen molar-refractivity contribution in [1.82, 2.24) is 5.43 Å². The van der Waals surface area contributed by atoms with Crippen LogP contribution in [-0.4, -0.2) is 18.9 Å². The molecule has 0 saturated carbocycles. The number of para-hydroxylation sites is 1. The number of hydrogen-bond acceptors (Lipinski definition) is 4. The topological polar surface area (TPSA) is 72.0 Å². The number of aryl methyl sites for hydroxylation is 1. The zero-order valence-corrected chi connectivity index (χ0v) is 21.1. The molecule has 2 N–H and O–H groups in total. The van der Waals surface area contributed by atoms with E-state index in [2.05, 4.69) is 31.8 Å². The first-order valence-corrected chi connectivity index (χ1v) is 11.6. The van der Waals surface area contributed by atoms with E-state index in [1.807, 2.05) is 50.2 Å². The molecule has 0 aliphatic rings. The van der Waals surface area contributed by atoms with Gasteiger partial charge in [0.15, 0.2) is 11.5 Å². The summed E-state index contributed by atoms with van der Waals surface area (Å²) in [6.07, 6.45) is 1.52. The molecule has 0 fully saturated rings. The molecule has 2 amide bonds. The van der Waals surface area contributed by atoms with Crippen LogP contribution in [0.4, 0.5) is 10.5 Å². The lowest BCUT2D eigenvalue weighted by molar-refractivity contribution is 0.252. The van der Waals surface area contributed by atoms with E-state index in [1.54, 1.807) is 18.2 Å². The SMILES string of the molecule is CCOc1cc(C=NNC(=O)Nc2ccccc2C)cc(Br)c1OCc1ccc(Cl)c(Cl)c1. The van der Waals surface area contributed by atoms with Crippen molar-refractivity contribution in [2.24, 2.45) is 5.10 Å². The minimum atomic E-state index is -0.439. The fraction of sp³-hybridized carbons (Fsp3) is 0.167. The normalized spacial score (nSPS) is 10.8. The summed E-state index contributed by atoms with van der Waals surface area (Å²) in [6.45, 7) is 4.53. The molecule has 9 heteroatoms. The fourth-order valence-corrected chi connectivity index (χ4v) is 3.77. The van der Waals surface area contributed by atoms with Gasteiger partial charge in [-0.25, -0.2) is 10.2 Å². The lowest BCUT2D eigenvalue weighted by Gasteiger charge is -2.15. The average Bonchev–Trinajstić information content (AvgIpc) is 2.77. The molecule has 3 rings (SSSR count). The molecule has 0 aliphatic heterocycles. The third-order valence-corrected chi connectivity index (χ3v) is 5.80. The number of nitrogens with zero attached hydrogens (tertiary/aromatic N) is 1. The molecule has 6 nitrogen and oxygen atoms in total. The zero-order valence-electron chi connectivity index (χ0n) is 18.0. The summed E-state index contributed by atoms with van der Waals surface area (Å²) in [7, 11) is 0. The number of carbonyl (C=O) groups is 1. The van der Waals surface area contributed by atoms with Crippen molar-refractivity contribution in [3.8, 4) is 11.5 Å². The van der Waals surface area contributed by atoms with E-state index in [9.17, 15) is 4.79 Å². The van der Waals surface area contributed by atoms with E-state index in [-0.39, 0.29) is 6.61 Å². The molecule has 3 aromatic carbocycles. The summed E-state index contributed by atoms with van der Waals surface area (Å²) >= 11 is 15.6. The summed E-state index contributed by atoms with van der Waals surface area (Å²) in [5, 5.41) is 7.73. The third-order valence-electron chi connectivity index (χ3n) is 4.47. The predicted octanol–water partition coefficient (Wildman–Crippen LogP) is 7.20. The van der Waals surface area contributed by atoms with Crippen molar-refractivity contribution in [3.05, 3.63) is 85.8 Å². The summed E-state index contributed by atoms with van der Waals surface area (Å²) in [5.41, 5.74) is 5.71. The van der Waals surface area contributed by atoms with Crippen molar-refractivity contribution in [2.45, 2.75) is 20.5 Å². The number of amides is 2. The highest BCUT2D eigenvalue weighted by Crippen LogP contribution is 2.37. The maximum Gasteiger partial charge on any atom is 0.339 e. The second kappa shape index (κ2) is 11.9. The van der Waals surface area contributed by atoms with E-state index in [0.29, 0.717) is 38.2 Å². The van der Waals surface area contributed by atoms with Crippen molar-refractivity contribution < 1.29 is 14.3 Å². The lowest BCUT2D eigenvalue weighted by atomic mass is 10.2. The van der Waals surface area contributed by atoms with Crippen LogP contribution < -0.4 is 20.2 Å². The molecular formula is C24H22BrCl2N3O3. The van der Waals surface area contributed by atoms with Crippen LogP contribution in [-0.2, 0) is 6.61 Å². The Morgan fingerprint density at radius 1 is 1.09 bits per heavy atom. The van der Waals surface area contributed by atoms with Crippen LogP contribution in [0.2, 0.25) is 10.0 Å². The van der Waals surface area contributed by atoms with E-state index < -0.39 is 6.03 Å². The molecule has 0 unspecified atom stereocenters. The molecule has 0 heterocycles. The molecule has 0 spiro atoms. The zero-order chi connectivity index (χ0) is 23.8. The van der Waals surface area contributed by atoms with Gasteiger partial charge >= 0.3 is 6.03 Å². The number of nitrogens with one attached hydrogen (secondary N) is 2. The van der Waals surface area contributed by atoms with Crippen LogP contribution in [0, 0.1) is 6.92 Å². The van der Waals surface area contributed by atoms with Gasteiger partial charge in [0, 0.05) is 5.69 Å². The smallest absolute Gasteiger partial charge is 0.339 e. The van der Waals surface area contributed by atoms with Gasteiger partial charge in [0.05, 0.1) is 27.3 Å². The Balaban J connectivity index is 1.68. The Labute approximate surface area is 211 Å². The number of benzene rings is 3. The van der Waals surface area contributed by atoms with Crippen molar-refractivity contribution in [1.29, 1.82) is 0 Å². The monoisotopic (exact) mass is 549 g/mol. The van der Waals surface area contributed by atoms with Crippen molar-refractivity contribution >= 4 is 57.1 Å². The summed E-state index contributed by atoms with van der Waals surface area (Å²) in [5.74, 6) is 1.09. The van der Waals surface area contributed by atoms with Gasteiger partial charge in [-0.1, -0.05) is 47.5 Å². The number of hydrazone groups is 1. The van der Waals surface area contributed by atoms with Gasteiger partial charge in [0.1, 0.15) is 6.61 Å². The maximum atomic E-state index is 12.1.